The fourth-order valence-electron chi connectivity index (χ4n) is 3.10. The fraction of sp³-hybridized carbons (Fsp3) is 0.625. The molecule has 2 fully saturated rings. The number of hydrogen-bond acceptors (Lipinski definition) is 5. The van der Waals surface area contributed by atoms with Crippen molar-refractivity contribution in [2.45, 2.75) is 32.0 Å². The van der Waals surface area contributed by atoms with Crippen LogP contribution in [0.1, 0.15) is 27.4 Å². The van der Waals surface area contributed by atoms with Crippen LogP contribution in [-0.2, 0) is 9.53 Å². The topological polar surface area (TPSA) is 75.9 Å². The molecule has 0 aliphatic carbocycles. The third kappa shape index (κ3) is 3.57. The molecule has 1 aromatic heterocycles. The number of hydrogen-bond donors (Lipinski definition) is 1. The average molecular weight is 337 g/mol. The summed E-state index contributed by atoms with van der Waals surface area (Å²) in [6.45, 7) is 4.76. The predicted octanol–water partition coefficient (Wildman–Crippen LogP) is 0.847. The van der Waals surface area contributed by atoms with Crippen molar-refractivity contribution in [1.82, 2.24) is 9.80 Å². The monoisotopic (exact) mass is 337 g/mol. The van der Waals surface area contributed by atoms with Crippen LogP contribution in [0, 0.1) is 6.92 Å². The van der Waals surface area contributed by atoms with Gasteiger partial charge in [0.05, 0.1) is 11.0 Å². The van der Waals surface area contributed by atoms with Gasteiger partial charge < -0.3 is 20.3 Å². The lowest BCUT2D eigenvalue weighted by molar-refractivity contribution is -0.144. The number of carbonyl (C=O) groups excluding carboxylic acids is 2. The molecule has 7 heteroatoms. The Balaban J connectivity index is 1.52. The van der Waals surface area contributed by atoms with Crippen molar-refractivity contribution in [2.75, 3.05) is 32.7 Å². The van der Waals surface area contributed by atoms with Gasteiger partial charge in [0, 0.05) is 37.6 Å². The van der Waals surface area contributed by atoms with Crippen molar-refractivity contribution in [1.29, 1.82) is 0 Å². The van der Waals surface area contributed by atoms with Gasteiger partial charge in [-0.2, -0.15) is 0 Å². The summed E-state index contributed by atoms with van der Waals surface area (Å²) in [5.74, 6) is 0.107. The minimum Gasteiger partial charge on any atom is -0.364 e. The second-order valence-corrected chi connectivity index (χ2v) is 7.38. The Labute approximate surface area is 140 Å². The van der Waals surface area contributed by atoms with Crippen LogP contribution in [0.25, 0.3) is 0 Å². The molecule has 126 valence electrons. The molecule has 0 saturated carbocycles. The molecule has 0 aromatic carbocycles. The van der Waals surface area contributed by atoms with Crippen molar-refractivity contribution in [3.63, 3.8) is 0 Å². The van der Waals surface area contributed by atoms with E-state index in [9.17, 15) is 9.59 Å². The van der Waals surface area contributed by atoms with E-state index in [-0.39, 0.29) is 24.0 Å². The molecule has 6 nitrogen and oxygen atoms in total. The van der Waals surface area contributed by atoms with E-state index in [0.29, 0.717) is 32.7 Å². The van der Waals surface area contributed by atoms with E-state index in [0.717, 1.165) is 22.6 Å². The number of ether oxygens (including phenoxy) is 1. The number of carbonyl (C=O) groups is 2. The van der Waals surface area contributed by atoms with Crippen LogP contribution in [0.2, 0.25) is 0 Å². The molecule has 2 saturated heterocycles. The first-order chi connectivity index (χ1) is 11.1. The molecule has 2 atom stereocenters. The van der Waals surface area contributed by atoms with Gasteiger partial charge in [-0.1, -0.05) is 0 Å². The zero-order valence-electron chi connectivity index (χ0n) is 13.4. The summed E-state index contributed by atoms with van der Waals surface area (Å²) in [5.41, 5.74) is 5.59. The van der Waals surface area contributed by atoms with E-state index in [1.807, 2.05) is 28.9 Å². The largest absolute Gasteiger partial charge is 0.364 e. The maximum atomic E-state index is 12.5. The van der Waals surface area contributed by atoms with E-state index in [4.69, 9.17) is 10.5 Å². The Hall–Kier alpha value is -1.44. The smallest absolute Gasteiger partial charge is 0.264 e. The van der Waals surface area contributed by atoms with Crippen LogP contribution in [-0.4, -0.2) is 66.5 Å². The molecule has 2 aliphatic rings. The number of nitrogens with two attached hydrogens (primary N) is 1. The highest BCUT2D eigenvalue weighted by molar-refractivity contribution is 7.13. The van der Waals surface area contributed by atoms with Crippen LogP contribution in [0.3, 0.4) is 0 Å². The number of piperazine rings is 1. The molecule has 0 spiro atoms. The summed E-state index contributed by atoms with van der Waals surface area (Å²) in [5, 5.41) is 0. The maximum Gasteiger partial charge on any atom is 0.264 e. The maximum absolute atomic E-state index is 12.5. The highest BCUT2D eigenvalue weighted by Crippen LogP contribution is 2.22. The second kappa shape index (κ2) is 6.98. The SMILES string of the molecule is Cc1ccc(C(=O)N2CCN(C(=O)[C@@H]3CC[C@H](CN)O3)CC2)s1. The van der Waals surface area contributed by atoms with Gasteiger partial charge in [0.1, 0.15) is 6.10 Å². The molecular weight excluding hydrogens is 314 g/mol. The first-order valence-corrected chi connectivity index (χ1v) is 8.90. The van der Waals surface area contributed by atoms with E-state index < -0.39 is 0 Å². The van der Waals surface area contributed by atoms with Crippen LogP contribution < -0.4 is 5.73 Å². The van der Waals surface area contributed by atoms with E-state index in [1.165, 1.54) is 11.3 Å². The standard InChI is InChI=1S/C16H23N3O3S/c1-11-2-5-14(23-11)16(21)19-8-6-18(7-9-19)15(20)13-4-3-12(10-17)22-13/h2,5,12-13H,3-4,6-10,17H2,1H3/t12-,13+/m1/s1. The first-order valence-electron chi connectivity index (χ1n) is 8.08. The number of thiophene rings is 1. The van der Waals surface area contributed by atoms with E-state index in [2.05, 4.69) is 0 Å². The Bertz CT molecular complexity index is 581. The third-order valence-corrected chi connectivity index (χ3v) is 5.46. The zero-order valence-corrected chi connectivity index (χ0v) is 14.2. The summed E-state index contributed by atoms with van der Waals surface area (Å²) in [6.07, 6.45) is 1.25. The third-order valence-electron chi connectivity index (χ3n) is 4.48. The van der Waals surface area contributed by atoms with Crippen LogP contribution >= 0.6 is 11.3 Å². The molecule has 2 N–H and O–H groups in total. The number of aryl methyl sites for hydroxylation is 1. The van der Waals surface area contributed by atoms with Gasteiger partial charge in [0.25, 0.3) is 11.8 Å². The van der Waals surface area contributed by atoms with Crippen molar-refractivity contribution in [3.8, 4) is 0 Å². The lowest BCUT2D eigenvalue weighted by Crippen LogP contribution is -2.52. The van der Waals surface area contributed by atoms with Crippen molar-refractivity contribution >= 4 is 23.2 Å². The minimum atomic E-state index is -0.356. The Morgan fingerprint density at radius 3 is 2.48 bits per heavy atom. The molecule has 3 heterocycles. The summed E-state index contributed by atoms with van der Waals surface area (Å²) >= 11 is 1.52. The van der Waals surface area contributed by atoms with Gasteiger partial charge in [0.2, 0.25) is 0 Å². The van der Waals surface area contributed by atoms with Gasteiger partial charge >= 0.3 is 0 Å². The molecule has 2 aliphatic heterocycles. The Morgan fingerprint density at radius 2 is 1.91 bits per heavy atom. The van der Waals surface area contributed by atoms with Gasteiger partial charge in [-0.15, -0.1) is 11.3 Å². The molecule has 0 radical (unpaired) electrons. The van der Waals surface area contributed by atoms with Crippen molar-refractivity contribution < 1.29 is 14.3 Å². The van der Waals surface area contributed by atoms with Gasteiger partial charge in [-0.05, 0) is 31.9 Å². The fourth-order valence-corrected chi connectivity index (χ4v) is 3.94. The molecule has 1 aromatic rings. The van der Waals surface area contributed by atoms with Crippen molar-refractivity contribution in [2.24, 2.45) is 5.73 Å². The number of rotatable bonds is 3. The molecule has 23 heavy (non-hydrogen) atoms. The summed E-state index contributed by atoms with van der Waals surface area (Å²) in [4.78, 5) is 30.4. The summed E-state index contributed by atoms with van der Waals surface area (Å²) < 4.78 is 5.68. The lowest BCUT2D eigenvalue weighted by Gasteiger charge is -2.35. The summed E-state index contributed by atoms with van der Waals surface area (Å²) in [6, 6.07) is 3.84. The van der Waals surface area contributed by atoms with Crippen LogP contribution in [0.15, 0.2) is 12.1 Å². The molecule has 2 amide bonds. The second-order valence-electron chi connectivity index (χ2n) is 6.09. The van der Waals surface area contributed by atoms with E-state index in [1.54, 1.807) is 0 Å². The number of amides is 2. The van der Waals surface area contributed by atoms with Gasteiger partial charge in [-0.3, -0.25) is 9.59 Å². The first kappa shape index (κ1) is 16.4. The minimum absolute atomic E-state index is 0.00823. The molecule has 0 unspecified atom stereocenters. The van der Waals surface area contributed by atoms with Crippen LogP contribution in [0.5, 0.6) is 0 Å². The van der Waals surface area contributed by atoms with Gasteiger partial charge in [0.15, 0.2) is 0 Å². The summed E-state index contributed by atoms with van der Waals surface area (Å²) in [7, 11) is 0. The molecule has 0 bridgehead atoms. The molecule has 3 rings (SSSR count). The van der Waals surface area contributed by atoms with Crippen molar-refractivity contribution in [3.05, 3.63) is 21.9 Å². The zero-order chi connectivity index (χ0) is 16.4. The Morgan fingerprint density at radius 1 is 1.22 bits per heavy atom. The van der Waals surface area contributed by atoms with Crippen LogP contribution in [0.4, 0.5) is 0 Å². The molecular formula is C16H23N3O3S. The lowest BCUT2D eigenvalue weighted by atomic mass is 10.1. The quantitative estimate of drug-likeness (QED) is 0.887. The Kier molecular flexibility index (Phi) is 4.99. The highest BCUT2D eigenvalue weighted by atomic mass is 32.1. The highest BCUT2D eigenvalue weighted by Gasteiger charge is 2.34. The van der Waals surface area contributed by atoms with E-state index >= 15 is 0 Å². The average Bonchev–Trinajstić information content (AvgIpc) is 3.22. The van der Waals surface area contributed by atoms with Gasteiger partial charge in [-0.25, -0.2) is 0 Å². The normalized spacial score (nSPS) is 25.0. The number of nitrogens with zero attached hydrogens (tertiary/aromatic N) is 2. The predicted molar refractivity (Wildman–Crippen MR) is 88.5 cm³/mol.